The number of ether oxygens (including phenoxy) is 3. The van der Waals surface area contributed by atoms with Crippen molar-refractivity contribution >= 4 is 11.9 Å². The molecule has 2 aromatic carbocycles. The van der Waals surface area contributed by atoms with Gasteiger partial charge in [-0.1, -0.05) is 65.8 Å². The quantitative estimate of drug-likeness (QED) is 0.164. The Morgan fingerprint density at radius 2 is 1.12 bits per heavy atom. The Labute approximate surface area is 255 Å². The fourth-order valence-corrected chi connectivity index (χ4v) is 5.08. The molecule has 0 saturated heterocycles. The van der Waals surface area contributed by atoms with E-state index in [9.17, 15) is 24.9 Å². The standard InChI is InChI=1S/C34H50O9/c1-21-15-23(19-27(29(21)36)33(3,4)5)17-25(31(38)39)26(32(40)43-14-13-42-12-11-41-10-9-35)18-24-16-22(2)30(37)28(20-24)34(6,7)8/h15-16,19-20,25-26,35-37H,9-14,17-18H2,1-8H3,(H,38,39). The lowest BCUT2D eigenvalue weighted by Crippen LogP contribution is -2.35. The predicted molar refractivity (Wildman–Crippen MR) is 165 cm³/mol. The van der Waals surface area contributed by atoms with Gasteiger partial charge in [0, 0.05) is 0 Å². The van der Waals surface area contributed by atoms with Gasteiger partial charge in [0.15, 0.2) is 0 Å². The highest BCUT2D eigenvalue weighted by Gasteiger charge is 2.36. The van der Waals surface area contributed by atoms with Crippen molar-refractivity contribution in [3.05, 3.63) is 57.6 Å². The van der Waals surface area contributed by atoms with Gasteiger partial charge in [-0.05, 0) is 70.9 Å². The first-order valence-corrected chi connectivity index (χ1v) is 14.8. The van der Waals surface area contributed by atoms with E-state index < -0.39 is 23.8 Å². The van der Waals surface area contributed by atoms with Crippen LogP contribution in [0.25, 0.3) is 0 Å². The SMILES string of the molecule is Cc1cc(CC(C(=O)O)C(Cc2cc(C)c(O)c(C(C)(C)C)c2)C(=O)OCCOCCOCCO)cc(C(C)(C)C)c1O. The van der Waals surface area contributed by atoms with Crippen LogP contribution >= 0.6 is 0 Å². The maximum atomic E-state index is 13.6. The van der Waals surface area contributed by atoms with Crippen LogP contribution in [0.3, 0.4) is 0 Å². The summed E-state index contributed by atoms with van der Waals surface area (Å²) in [5, 5.41) is 40.6. The van der Waals surface area contributed by atoms with Crippen LogP contribution in [0.5, 0.6) is 11.5 Å². The second-order valence-electron chi connectivity index (χ2n) is 13.2. The molecule has 9 nitrogen and oxygen atoms in total. The molecule has 0 heterocycles. The van der Waals surface area contributed by atoms with Crippen LogP contribution in [-0.2, 0) is 47.5 Å². The molecule has 0 aliphatic carbocycles. The van der Waals surface area contributed by atoms with Crippen LogP contribution in [0, 0.1) is 25.7 Å². The van der Waals surface area contributed by atoms with Crippen LogP contribution in [-0.4, -0.2) is 72.0 Å². The van der Waals surface area contributed by atoms with E-state index in [1.54, 1.807) is 26.0 Å². The summed E-state index contributed by atoms with van der Waals surface area (Å²) in [6, 6.07) is 7.19. The van der Waals surface area contributed by atoms with E-state index in [1.807, 2.05) is 53.7 Å². The lowest BCUT2D eigenvalue weighted by atomic mass is 9.78. The summed E-state index contributed by atoms with van der Waals surface area (Å²) < 4.78 is 16.1. The zero-order valence-electron chi connectivity index (χ0n) is 27.0. The van der Waals surface area contributed by atoms with Gasteiger partial charge in [0.05, 0.1) is 44.9 Å². The van der Waals surface area contributed by atoms with Crippen LogP contribution < -0.4 is 0 Å². The molecular weight excluding hydrogens is 552 g/mol. The minimum atomic E-state index is -1.13. The number of carbonyl (C=O) groups excluding carboxylic acids is 1. The summed E-state index contributed by atoms with van der Waals surface area (Å²) in [6.07, 6.45) is 0.153. The number of phenolic OH excluding ortho intramolecular Hbond substituents is 2. The van der Waals surface area contributed by atoms with E-state index in [0.717, 1.165) is 5.56 Å². The number of aliphatic carboxylic acids is 1. The first kappa shape index (κ1) is 36.1. The average molecular weight is 603 g/mol. The molecule has 0 aliphatic heterocycles. The van der Waals surface area contributed by atoms with Crippen LogP contribution in [0.2, 0.25) is 0 Å². The number of carboxylic acid groups (broad SMARTS) is 1. The maximum absolute atomic E-state index is 13.6. The van der Waals surface area contributed by atoms with Crippen molar-refractivity contribution in [1.82, 2.24) is 0 Å². The topological polar surface area (TPSA) is 143 Å². The third-order valence-electron chi connectivity index (χ3n) is 7.43. The molecule has 2 unspecified atom stereocenters. The molecule has 0 spiro atoms. The molecule has 0 amide bonds. The molecule has 4 N–H and O–H groups in total. The van der Waals surface area contributed by atoms with Gasteiger partial charge in [-0.25, -0.2) is 0 Å². The predicted octanol–water partition coefficient (Wildman–Crippen LogP) is 4.98. The number of carbonyl (C=O) groups is 2. The third kappa shape index (κ3) is 10.5. The fourth-order valence-electron chi connectivity index (χ4n) is 5.08. The number of aliphatic hydroxyl groups is 1. The van der Waals surface area contributed by atoms with Crippen molar-refractivity contribution < 1.29 is 44.2 Å². The van der Waals surface area contributed by atoms with Gasteiger partial charge in [-0.2, -0.15) is 0 Å². The molecule has 0 saturated carbocycles. The van der Waals surface area contributed by atoms with Gasteiger partial charge in [-0.15, -0.1) is 0 Å². The van der Waals surface area contributed by atoms with Gasteiger partial charge in [-0.3, -0.25) is 9.59 Å². The number of rotatable bonds is 15. The molecule has 2 rings (SSSR count). The summed E-state index contributed by atoms with van der Waals surface area (Å²) in [5.41, 5.74) is 3.36. The highest BCUT2D eigenvalue weighted by molar-refractivity contribution is 5.81. The van der Waals surface area contributed by atoms with E-state index in [1.165, 1.54) is 0 Å². The van der Waals surface area contributed by atoms with Crippen LogP contribution in [0.4, 0.5) is 0 Å². The van der Waals surface area contributed by atoms with E-state index in [-0.39, 0.29) is 74.8 Å². The first-order valence-electron chi connectivity index (χ1n) is 14.8. The lowest BCUT2D eigenvalue weighted by Gasteiger charge is -2.27. The zero-order valence-corrected chi connectivity index (χ0v) is 27.0. The molecule has 2 atom stereocenters. The van der Waals surface area contributed by atoms with Crippen molar-refractivity contribution in [2.24, 2.45) is 11.8 Å². The van der Waals surface area contributed by atoms with Gasteiger partial charge in [0.2, 0.25) is 0 Å². The van der Waals surface area contributed by atoms with E-state index in [2.05, 4.69) is 0 Å². The van der Waals surface area contributed by atoms with E-state index >= 15 is 0 Å². The van der Waals surface area contributed by atoms with Gasteiger partial charge < -0.3 is 34.6 Å². The normalized spacial score (nSPS) is 13.5. The minimum Gasteiger partial charge on any atom is -0.507 e. The van der Waals surface area contributed by atoms with Crippen molar-refractivity contribution in [3.63, 3.8) is 0 Å². The Balaban J connectivity index is 2.42. The highest BCUT2D eigenvalue weighted by Crippen LogP contribution is 2.37. The molecule has 0 fully saturated rings. The molecule has 43 heavy (non-hydrogen) atoms. The third-order valence-corrected chi connectivity index (χ3v) is 7.43. The number of phenols is 2. The first-order chi connectivity index (χ1) is 20.0. The van der Waals surface area contributed by atoms with Crippen LogP contribution in [0.15, 0.2) is 24.3 Å². The van der Waals surface area contributed by atoms with Gasteiger partial charge in [0.25, 0.3) is 0 Å². The number of aryl methyl sites for hydroxylation is 2. The molecule has 2 aromatic rings. The minimum absolute atomic E-state index is 0.0567. The van der Waals surface area contributed by atoms with Crippen molar-refractivity contribution in [2.45, 2.75) is 79.1 Å². The summed E-state index contributed by atoms with van der Waals surface area (Å²) in [4.78, 5) is 26.3. The number of benzene rings is 2. The second kappa shape index (κ2) is 15.5. The number of hydrogen-bond acceptors (Lipinski definition) is 8. The Kier molecular flexibility index (Phi) is 13.0. The number of esters is 1. The summed E-state index contributed by atoms with van der Waals surface area (Å²) >= 11 is 0. The average Bonchev–Trinajstić information content (AvgIpc) is 2.89. The lowest BCUT2D eigenvalue weighted by molar-refractivity contribution is -0.159. The Bertz CT molecular complexity index is 1240. The largest absolute Gasteiger partial charge is 0.507 e. The Hall–Kier alpha value is -3.14. The van der Waals surface area contributed by atoms with Crippen molar-refractivity contribution in [2.75, 3.05) is 39.6 Å². The maximum Gasteiger partial charge on any atom is 0.310 e. The molecule has 0 radical (unpaired) electrons. The molecule has 0 bridgehead atoms. The molecule has 240 valence electrons. The number of hydrogen-bond donors (Lipinski definition) is 4. The monoisotopic (exact) mass is 602 g/mol. The van der Waals surface area contributed by atoms with Crippen LogP contribution in [0.1, 0.15) is 74.9 Å². The molecular formula is C34H50O9. The van der Waals surface area contributed by atoms with Crippen molar-refractivity contribution in [1.29, 1.82) is 0 Å². The number of carboxylic acids is 1. The van der Waals surface area contributed by atoms with Gasteiger partial charge in [0.1, 0.15) is 18.1 Å². The summed E-state index contributed by atoms with van der Waals surface area (Å²) in [7, 11) is 0. The molecule has 9 heteroatoms. The second-order valence-corrected chi connectivity index (χ2v) is 13.2. The fraction of sp³-hybridized carbons (Fsp3) is 0.588. The highest BCUT2D eigenvalue weighted by atomic mass is 16.6. The molecule has 0 aromatic heterocycles. The van der Waals surface area contributed by atoms with Crippen molar-refractivity contribution in [3.8, 4) is 11.5 Å². The Morgan fingerprint density at radius 1 is 0.698 bits per heavy atom. The number of aromatic hydroxyl groups is 2. The summed E-state index contributed by atoms with van der Waals surface area (Å²) in [6.45, 7) is 16.1. The molecule has 0 aliphatic rings. The van der Waals surface area contributed by atoms with Gasteiger partial charge >= 0.3 is 11.9 Å². The summed E-state index contributed by atoms with van der Waals surface area (Å²) in [5.74, 6) is -3.58. The zero-order chi connectivity index (χ0) is 32.5. The number of aliphatic hydroxyl groups excluding tert-OH is 1. The smallest absolute Gasteiger partial charge is 0.310 e. The van der Waals surface area contributed by atoms with E-state index in [0.29, 0.717) is 27.8 Å². The van der Waals surface area contributed by atoms with E-state index in [4.69, 9.17) is 19.3 Å². The Morgan fingerprint density at radius 3 is 1.53 bits per heavy atom.